The van der Waals surface area contributed by atoms with Crippen molar-refractivity contribution in [2.45, 2.75) is 0 Å². The number of ketones is 1. The molecule has 0 heterocycles. The molecule has 0 saturated carbocycles. The van der Waals surface area contributed by atoms with E-state index in [-0.39, 0.29) is 12.3 Å². The fraction of sp³-hybridized carbons (Fsp3) is 0.222. The molecular weight excluding hydrogens is 218 g/mol. The van der Waals surface area contributed by atoms with E-state index in [4.69, 9.17) is 21.9 Å². The average Bonchev–Trinajstić information content (AvgIpc) is 2.25. The van der Waals surface area contributed by atoms with Gasteiger partial charge in [-0.05, 0) is 23.7 Å². The van der Waals surface area contributed by atoms with Crippen molar-refractivity contribution in [1.82, 2.24) is 0 Å². The smallest absolute Gasteiger partial charge is 0.168 e. The van der Waals surface area contributed by atoms with Gasteiger partial charge in [-0.2, -0.15) is 0 Å². The zero-order valence-corrected chi connectivity index (χ0v) is 8.73. The second-order valence-corrected chi connectivity index (χ2v) is 3.07. The zero-order valence-electron chi connectivity index (χ0n) is 7.98. The van der Waals surface area contributed by atoms with Crippen LogP contribution in [0.15, 0.2) is 23.3 Å². The molecule has 15 heavy (non-hydrogen) atoms. The Bertz CT molecular complexity index is 427. The molecule has 0 radical (unpaired) electrons. The van der Waals surface area contributed by atoms with Crippen molar-refractivity contribution in [3.8, 4) is 5.75 Å². The molecule has 5 nitrogen and oxygen atoms in total. The van der Waals surface area contributed by atoms with Gasteiger partial charge in [-0.25, -0.2) is 0 Å². The second kappa shape index (κ2) is 5.24. The summed E-state index contributed by atoms with van der Waals surface area (Å²) in [5.74, 6) is 0.217. The van der Waals surface area contributed by atoms with Crippen LogP contribution >= 0.6 is 11.6 Å². The van der Waals surface area contributed by atoms with Crippen LogP contribution in [0.3, 0.4) is 0 Å². The summed E-state index contributed by atoms with van der Waals surface area (Å²) in [5, 5.41) is 3.53. The Balaban J connectivity index is 2.91. The van der Waals surface area contributed by atoms with Gasteiger partial charge >= 0.3 is 0 Å². The third kappa shape index (κ3) is 2.87. The molecule has 0 unspecified atom stereocenters. The van der Waals surface area contributed by atoms with Gasteiger partial charge < -0.3 is 4.74 Å². The molecule has 0 saturated heterocycles. The molecule has 0 bridgehead atoms. The van der Waals surface area contributed by atoms with E-state index in [0.29, 0.717) is 16.3 Å². The van der Waals surface area contributed by atoms with Crippen LogP contribution in [0.4, 0.5) is 0 Å². The summed E-state index contributed by atoms with van der Waals surface area (Å²) in [6.45, 7) is -0.209. The largest absolute Gasteiger partial charge is 0.495 e. The number of ether oxygens (including phenoxy) is 1. The Kier molecular flexibility index (Phi) is 3.97. The summed E-state index contributed by atoms with van der Waals surface area (Å²) in [4.78, 5) is 13.9. The molecule has 0 spiro atoms. The van der Waals surface area contributed by atoms with E-state index in [1.807, 2.05) is 0 Å². The monoisotopic (exact) mass is 225 g/mol. The molecule has 6 heteroatoms. The predicted molar refractivity (Wildman–Crippen MR) is 56.3 cm³/mol. The summed E-state index contributed by atoms with van der Waals surface area (Å²) in [5.41, 5.74) is 8.46. The fourth-order valence-corrected chi connectivity index (χ4v) is 1.28. The first-order valence-electron chi connectivity index (χ1n) is 4.06. The molecule has 0 aliphatic heterocycles. The average molecular weight is 226 g/mol. The van der Waals surface area contributed by atoms with Crippen molar-refractivity contribution in [2.24, 2.45) is 5.11 Å². The standard InChI is InChI=1S/C9H8ClN3O2/c1-15-9-3-2-6(4-7(9)10)8(14)5-12-13-11/h2-4H,5H2,1H3. The molecule has 0 N–H and O–H groups in total. The van der Waals surface area contributed by atoms with E-state index >= 15 is 0 Å². The van der Waals surface area contributed by atoms with E-state index in [1.54, 1.807) is 12.1 Å². The minimum absolute atomic E-state index is 0.209. The summed E-state index contributed by atoms with van der Waals surface area (Å²) >= 11 is 5.83. The van der Waals surface area contributed by atoms with Crippen molar-refractivity contribution >= 4 is 17.4 Å². The van der Waals surface area contributed by atoms with Crippen LogP contribution in [-0.2, 0) is 0 Å². The Hall–Kier alpha value is -1.71. The van der Waals surface area contributed by atoms with Crippen molar-refractivity contribution in [3.63, 3.8) is 0 Å². The molecule has 1 rings (SSSR count). The van der Waals surface area contributed by atoms with Gasteiger partial charge in [-0.1, -0.05) is 16.7 Å². The maximum Gasteiger partial charge on any atom is 0.168 e. The number of carbonyl (C=O) groups is 1. The number of hydrogen-bond donors (Lipinski definition) is 0. The lowest BCUT2D eigenvalue weighted by atomic mass is 10.1. The van der Waals surface area contributed by atoms with Crippen LogP contribution in [0.5, 0.6) is 5.75 Å². The summed E-state index contributed by atoms with van der Waals surface area (Å²) < 4.78 is 4.94. The summed E-state index contributed by atoms with van der Waals surface area (Å²) in [7, 11) is 1.49. The van der Waals surface area contributed by atoms with Gasteiger partial charge in [0.05, 0.1) is 18.7 Å². The molecule has 1 aromatic rings. The number of azide groups is 1. The maximum absolute atomic E-state index is 11.4. The van der Waals surface area contributed by atoms with E-state index in [9.17, 15) is 4.79 Å². The Labute approximate surface area is 91.2 Å². The van der Waals surface area contributed by atoms with Crippen LogP contribution in [0.1, 0.15) is 10.4 Å². The molecule has 0 amide bonds. The zero-order chi connectivity index (χ0) is 11.3. The summed E-state index contributed by atoms with van der Waals surface area (Å²) in [6.07, 6.45) is 0. The molecular formula is C9H8ClN3O2. The first-order valence-corrected chi connectivity index (χ1v) is 4.44. The normalized spacial score (nSPS) is 9.20. The van der Waals surface area contributed by atoms with Crippen molar-refractivity contribution in [2.75, 3.05) is 13.7 Å². The maximum atomic E-state index is 11.4. The summed E-state index contributed by atoms with van der Waals surface area (Å²) in [6, 6.07) is 4.64. The number of benzene rings is 1. The van der Waals surface area contributed by atoms with Crippen LogP contribution < -0.4 is 4.74 Å². The molecule has 0 aliphatic carbocycles. The van der Waals surface area contributed by atoms with E-state index in [2.05, 4.69) is 10.0 Å². The van der Waals surface area contributed by atoms with Gasteiger partial charge in [0.15, 0.2) is 5.78 Å². The third-order valence-electron chi connectivity index (χ3n) is 1.75. The minimum atomic E-state index is -0.280. The Morgan fingerprint density at radius 1 is 1.67 bits per heavy atom. The van der Waals surface area contributed by atoms with Gasteiger partial charge in [-0.15, -0.1) is 0 Å². The van der Waals surface area contributed by atoms with Crippen molar-refractivity contribution in [3.05, 3.63) is 39.2 Å². The highest BCUT2D eigenvalue weighted by molar-refractivity contribution is 6.32. The highest BCUT2D eigenvalue weighted by Gasteiger charge is 2.07. The lowest BCUT2D eigenvalue weighted by Gasteiger charge is -2.03. The van der Waals surface area contributed by atoms with Gasteiger partial charge in [0.2, 0.25) is 0 Å². The Morgan fingerprint density at radius 3 is 2.93 bits per heavy atom. The topological polar surface area (TPSA) is 75.1 Å². The molecule has 1 aromatic carbocycles. The lowest BCUT2D eigenvalue weighted by Crippen LogP contribution is -2.02. The predicted octanol–water partition coefficient (Wildman–Crippen LogP) is 2.84. The van der Waals surface area contributed by atoms with Gasteiger partial charge in [0, 0.05) is 10.5 Å². The number of nitrogens with zero attached hydrogens (tertiary/aromatic N) is 3. The fourth-order valence-electron chi connectivity index (χ4n) is 1.03. The van der Waals surface area contributed by atoms with Gasteiger partial charge in [0.1, 0.15) is 5.75 Å². The minimum Gasteiger partial charge on any atom is -0.495 e. The molecule has 78 valence electrons. The quantitative estimate of drug-likeness (QED) is 0.342. The first-order chi connectivity index (χ1) is 7.19. The van der Waals surface area contributed by atoms with E-state index in [1.165, 1.54) is 13.2 Å². The number of hydrogen-bond acceptors (Lipinski definition) is 3. The number of Topliss-reactive ketones (excluding diaryl/α,β-unsaturated/α-hetero) is 1. The van der Waals surface area contributed by atoms with Crippen LogP contribution in [0.25, 0.3) is 10.4 Å². The van der Waals surface area contributed by atoms with Crippen LogP contribution in [-0.4, -0.2) is 19.4 Å². The van der Waals surface area contributed by atoms with E-state index < -0.39 is 0 Å². The second-order valence-electron chi connectivity index (χ2n) is 2.66. The first kappa shape index (κ1) is 11.4. The molecule has 0 aromatic heterocycles. The van der Waals surface area contributed by atoms with Crippen LogP contribution in [0, 0.1) is 0 Å². The van der Waals surface area contributed by atoms with Crippen LogP contribution in [0.2, 0.25) is 5.02 Å². The third-order valence-corrected chi connectivity index (χ3v) is 2.05. The van der Waals surface area contributed by atoms with Crippen molar-refractivity contribution < 1.29 is 9.53 Å². The lowest BCUT2D eigenvalue weighted by molar-refractivity contribution is 0.100. The molecule has 0 atom stereocenters. The van der Waals surface area contributed by atoms with Crippen molar-refractivity contribution in [1.29, 1.82) is 0 Å². The molecule has 0 fully saturated rings. The number of methoxy groups -OCH3 is 1. The van der Waals surface area contributed by atoms with Gasteiger partial charge in [0.25, 0.3) is 0 Å². The number of rotatable bonds is 4. The number of carbonyl (C=O) groups excluding carboxylic acids is 1. The van der Waals surface area contributed by atoms with E-state index in [0.717, 1.165) is 0 Å². The Morgan fingerprint density at radius 2 is 2.40 bits per heavy atom. The molecule has 0 aliphatic rings. The van der Waals surface area contributed by atoms with Gasteiger partial charge in [-0.3, -0.25) is 4.79 Å². The SMILES string of the molecule is COc1ccc(C(=O)CN=[N+]=[N-])cc1Cl. The highest BCUT2D eigenvalue weighted by atomic mass is 35.5. The number of halogens is 1. The highest BCUT2D eigenvalue weighted by Crippen LogP contribution is 2.24.